The molecule has 3 N–H and O–H groups in total. The van der Waals surface area contributed by atoms with Gasteiger partial charge in [0.1, 0.15) is 5.82 Å². The van der Waals surface area contributed by atoms with E-state index in [4.69, 9.17) is 10.8 Å². The number of nitrogens with zero attached hydrogens (tertiary/aromatic N) is 3. The lowest BCUT2D eigenvalue weighted by molar-refractivity contribution is 0.0670. The zero-order valence-corrected chi connectivity index (χ0v) is 8.83. The molecule has 6 heteroatoms. The summed E-state index contributed by atoms with van der Waals surface area (Å²) in [6.45, 7) is 0.657. The Morgan fingerprint density at radius 2 is 2.38 bits per heavy atom. The number of carbonyl (C=O) groups excluding carboxylic acids is 1. The molecule has 0 aromatic carbocycles. The van der Waals surface area contributed by atoms with Crippen LogP contribution in [0.3, 0.4) is 0 Å². The number of likely N-dealkylation sites (tertiary alicyclic amines) is 1. The summed E-state index contributed by atoms with van der Waals surface area (Å²) in [5.74, 6) is 0.0979. The molecule has 86 valence electrons. The molecule has 1 fully saturated rings. The van der Waals surface area contributed by atoms with Crippen molar-refractivity contribution in [3.8, 4) is 0 Å². The van der Waals surface area contributed by atoms with Gasteiger partial charge in [0.15, 0.2) is 5.69 Å². The molecule has 1 saturated heterocycles. The largest absolute Gasteiger partial charge is 0.394 e. The second-order valence-electron chi connectivity index (χ2n) is 3.82. The standard InChI is InChI=1S/C10H14N4O2/c11-9-4-3-8(12-13-9)10(16)14-5-1-2-7(14)6-15/h3-4,7,15H,1-2,5-6H2,(H2,11,13). The lowest BCUT2D eigenvalue weighted by atomic mass is 10.2. The molecule has 1 unspecified atom stereocenters. The molecule has 1 aromatic rings. The zero-order chi connectivity index (χ0) is 11.5. The Bertz CT molecular complexity index is 379. The van der Waals surface area contributed by atoms with E-state index >= 15 is 0 Å². The van der Waals surface area contributed by atoms with Crippen molar-refractivity contribution in [2.75, 3.05) is 18.9 Å². The van der Waals surface area contributed by atoms with Gasteiger partial charge in [0.25, 0.3) is 5.91 Å². The minimum Gasteiger partial charge on any atom is -0.394 e. The Kier molecular flexibility index (Phi) is 3.00. The number of aliphatic hydroxyl groups is 1. The van der Waals surface area contributed by atoms with E-state index in [2.05, 4.69) is 10.2 Å². The SMILES string of the molecule is Nc1ccc(C(=O)N2CCCC2CO)nn1. The summed E-state index contributed by atoms with van der Waals surface area (Å²) < 4.78 is 0. The van der Waals surface area contributed by atoms with Gasteiger partial charge in [0.2, 0.25) is 0 Å². The van der Waals surface area contributed by atoms with Crippen LogP contribution in [0.25, 0.3) is 0 Å². The highest BCUT2D eigenvalue weighted by Gasteiger charge is 2.29. The predicted molar refractivity (Wildman–Crippen MR) is 57.6 cm³/mol. The molecule has 0 spiro atoms. The molecule has 2 heterocycles. The summed E-state index contributed by atoms with van der Waals surface area (Å²) in [5, 5.41) is 16.5. The first kappa shape index (κ1) is 10.8. The van der Waals surface area contributed by atoms with Crippen LogP contribution in [0.15, 0.2) is 12.1 Å². The van der Waals surface area contributed by atoms with Crippen molar-refractivity contribution in [1.82, 2.24) is 15.1 Å². The van der Waals surface area contributed by atoms with Crippen molar-refractivity contribution >= 4 is 11.7 Å². The van der Waals surface area contributed by atoms with Crippen LogP contribution >= 0.6 is 0 Å². The Morgan fingerprint density at radius 1 is 1.56 bits per heavy atom. The smallest absolute Gasteiger partial charge is 0.274 e. The number of anilines is 1. The van der Waals surface area contributed by atoms with Gasteiger partial charge < -0.3 is 15.7 Å². The molecule has 1 aliphatic heterocycles. The normalized spacial score (nSPS) is 20.1. The molecule has 6 nitrogen and oxygen atoms in total. The summed E-state index contributed by atoms with van der Waals surface area (Å²) in [6.07, 6.45) is 1.75. The molecule has 0 bridgehead atoms. The summed E-state index contributed by atoms with van der Waals surface area (Å²) in [7, 11) is 0. The number of hydrogen-bond acceptors (Lipinski definition) is 5. The number of aromatic nitrogens is 2. The molecule has 1 aliphatic rings. The second kappa shape index (κ2) is 4.44. The van der Waals surface area contributed by atoms with Crippen LogP contribution in [0.4, 0.5) is 5.82 Å². The van der Waals surface area contributed by atoms with Crippen LogP contribution in [-0.2, 0) is 0 Å². The quantitative estimate of drug-likeness (QED) is 0.714. The van der Waals surface area contributed by atoms with Gasteiger partial charge in [-0.2, -0.15) is 0 Å². The maximum Gasteiger partial charge on any atom is 0.274 e. The first-order chi connectivity index (χ1) is 7.72. The fraction of sp³-hybridized carbons (Fsp3) is 0.500. The molecule has 1 atom stereocenters. The molecular formula is C10H14N4O2. The first-order valence-corrected chi connectivity index (χ1v) is 5.23. The number of rotatable bonds is 2. The van der Waals surface area contributed by atoms with E-state index in [0.717, 1.165) is 12.8 Å². The molecule has 1 amide bonds. The number of aliphatic hydroxyl groups excluding tert-OH is 1. The average Bonchev–Trinajstić information content (AvgIpc) is 2.77. The van der Waals surface area contributed by atoms with Crippen LogP contribution in [0, 0.1) is 0 Å². The fourth-order valence-corrected chi connectivity index (χ4v) is 1.90. The highest BCUT2D eigenvalue weighted by atomic mass is 16.3. The van der Waals surface area contributed by atoms with Crippen LogP contribution in [-0.4, -0.2) is 45.3 Å². The molecule has 0 saturated carbocycles. The molecule has 16 heavy (non-hydrogen) atoms. The van der Waals surface area contributed by atoms with Gasteiger partial charge in [-0.25, -0.2) is 0 Å². The molecule has 0 radical (unpaired) electrons. The summed E-state index contributed by atoms with van der Waals surface area (Å²) in [5.41, 5.74) is 5.67. The van der Waals surface area contributed by atoms with Gasteiger partial charge >= 0.3 is 0 Å². The number of amides is 1. The molecular weight excluding hydrogens is 208 g/mol. The van der Waals surface area contributed by atoms with Crippen LogP contribution in [0.5, 0.6) is 0 Å². The second-order valence-corrected chi connectivity index (χ2v) is 3.82. The zero-order valence-electron chi connectivity index (χ0n) is 8.83. The molecule has 1 aromatic heterocycles. The van der Waals surface area contributed by atoms with Crippen LogP contribution in [0.1, 0.15) is 23.3 Å². The Balaban J connectivity index is 2.15. The highest BCUT2D eigenvalue weighted by Crippen LogP contribution is 2.18. The van der Waals surface area contributed by atoms with E-state index in [9.17, 15) is 4.79 Å². The third kappa shape index (κ3) is 1.96. The first-order valence-electron chi connectivity index (χ1n) is 5.23. The van der Waals surface area contributed by atoms with Gasteiger partial charge in [-0.3, -0.25) is 4.79 Å². The average molecular weight is 222 g/mol. The van der Waals surface area contributed by atoms with Gasteiger partial charge in [0, 0.05) is 6.54 Å². The van der Waals surface area contributed by atoms with Gasteiger partial charge in [-0.1, -0.05) is 0 Å². The maximum absolute atomic E-state index is 12.0. The Hall–Kier alpha value is -1.69. The van der Waals surface area contributed by atoms with Gasteiger partial charge in [0.05, 0.1) is 12.6 Å². The van der Waals surface area contributed by atoms with E-state index in [1.165, 1.54) is 0 Å². The van der Waals surface area contributed by atoms with E-state index in [0.29, 0.717) is 6.54 Å². The minimum absolute atomic E-state index is 0.00581. The predicted octanol–water partition coefficient (Wildman–Crippen LogP) is -0.344. The van der Waals surface area contributed by atoms with E-state index < -0.39 is 0 Å². The highest BCUT2D eigenvalue weighted by molar-refractivity contribution is 5.92. The lowest BCUT2D eigenvalue weighted by Gasteiger charge is -2.22. The number of hydrogen-bond donors (Lipinski definition) is 2. The molecule has 0 aliphatic carbocycles. The van der Waals surface area contributed by atoms with Crippen LogP contribution < -0.4 is 5.73 Å². The fourth-order valence-electron chi connectivity index (χ4n) is 1.90. The van der Waals surface area contributed by atoms with Crippen molar-refractivity contribution in [3.63, 3.8) is 0 Å². The van der Waals surface area contributed by atoms with Gasteiger partial charge in [-0.15, -0.1) is 10.2 Å². The number of nitrogens with two attached hydrogens (primary N) is 1. The van der Waals surface area contributed by atoms with E-state index in [-0.39, 0.29) is 30.1 Å². The third-order valence-electron chi connectivity index (χ3n) is 2.75. The lowest BCUT2D eigenvalue weighted by Crippen LogP contribution is -2.38. The third-order valence-corrected chi connectivity index (χ3v) is 2.75. The summed E-state index contributed by atoms with van der Waals surface area (Å²) in [6, 6.07) is 3.01. The van der Waals surface area contributed by atoms with Crippen molar-refractivity contribution in [2.24, 2.45) is 0 Å². The van der Waals surface area contributed by atoms with Crippen molar-refractivity contribution < 1.29 is 9.90 Å². The van der Waals surface area contributed by atoms with Gasteiger partial charge in [-0.05, 0) is 25.0 Å². The minimum atomic E-state index is -0.191. The monoisotopic (exact) mass is 222 g/mol. The van der Waals surface area contributed by atoms with E-state index in [1.54, 1.807) is 17.0 Å². The topological polar surface area (TPSA) is 92.3 Å². The maximum atomic E-state index is 12.0. The van der Waals surface area contributed by atoms with Crippen molar-refractivity contribution in [1.29, 1.82) is 0 Å². The van der Waals surface area contributed by atoms with Crippen molar-refractivity contribution in [2.45, 2.75) is 18.9 Å². The Labute approximate surface area is 93.1 Å². The number of nitrogen functional groups attached to an aromatic ring is 1. The van der Waals surface area contributed by atoms with E-state index in [1.807, 2.05) is 0 Å². The summed E-state index contributed by atoms with van der Waals surface area (Å²) in [4.78, 5) is 13.6. The van der Waals surface area contributed by atoms with Crippen LogP contribution in [0.2, 0.25) is 0 Å². The Morgan fingerprint density at radius 3 is 3.00 bits per heavy atom. The summed E-state index contributed by atoms with van der Waals surface area (Å²) >= 11 is 0. The number of carbonyl (C=O) groups is 1. The molecule has 2 rings (SSSR count). The van der Waals surface area contributed by atoms with Crippen molar-refractivity contribution in [3.05, 3.63) is 17.8 Å².